The number of aromatic nitrogens is 2. The minimum absolute atomic E-state index is 1.11. The minimum atomic E-state index is 1.11. The van der Waals surface area contributed by atoms with E-state index in [0.29, 0.717) is 0 Å². The van der Waals surface area contributed by atoms with E-state index < -0.39 is 0 Å². The Morgan fingerprint density at radius 3 is 1.41 bits per heavy atom. The van der Waals surface area contributed by atoms with Gasteiger partial charge in [0.1, 0.15) is 0 Å². The van der Waals surface area contributed by atoms with Crippen LogP contribution >= 0.6 is 0 Å². The molecule has 0 saturated heterocycles. The molecule has 12 rings (SSSR count). The Kier molecular flexibility index (Phi) is 7.54. The molecule has 0 aliphatic rings. The summed E-state index contributed by atoms with van der Waals surface area (Å²) in [6.07, 6.45) is 0. The van der Waals surface area contributed by atoms with E-state index in [-0.39, 0.29) is 0 Å². The SMILES string of the molecule is c1ccc(N(c2ccc(-c3ccc4c(c3)c3cc5c(cc3n4-c3ccccc3)c3ccccc3n5-c3ccccc3)cc2)c2ccc3cc4ccccc4cc3c2)cc1. The molecule has 0 amide bonds. The van der Waals surface area contributed by atoms with Crippen LogP contribution in [-0.2, 0) is 0 Å². The zero-order valence-corrected chi connectivity index (χ0v) is 32.2. The number of anilines is 3. The summed E-state index contributed by atoms with van der Waals surface area (Å²) < 4.78 is 4.84. The molecule has 0 radical (unpaired) electrons. The summed E-state index contributed by atoms with van der Waals surface area (Å²) >= 11 is 0. The maximum absolute atomic E-state index is 2.43. The first-order valence-electron chi connectivity index (χ1n) is 20.3. The highest BCUT2D eigenvalue weighted by Gasteiger charge is 2.20. The molecule has 3 heteroatoms. The maximum Gasteiger partial charge on any atom is 0.0548 e. The Labute approximate surface area is 341 Å². The van der Waals surface area contributed by atoms with E-state index in [9.17, 15) is 0 Å². The highest BCUT2D eigenvalue weighted by atomic mass is 15.1. The van der Waals surface area contributed by atoms with Gasteiger partial charge in [0, 0.05) is 50.0 Å². The number of rotatable bonds is 6. The Bertz CT molecular complexity index is 3530. The van der Waals surface area contributed by atoms with Crippen LogP contribution in [0.2, 0.25) is 0 Å². The van der Waals surface area contributed by atoms with E-state index in [1.165, 1.54) is 76.3 Å². The predicted octanol–water partition coefficient (Wildman–Crippen LogP) is 15.3. The van der Waals surface area contributed by atoms with Gasteiger partial charge in [-0.05, 0) is 136 Å². The number of benzene rings is 10. The molecule has 276 valence electrons. The van der Waals surface area contributed by atoms with Crippen molar-refractivity contribution in [3.63, 3.8) is 0 Å². The number of hydrogen-bond donors (Lipinski definition) is 0. The molecule has 0 spiro atoms. The summed E-state index contributed by atoms with van der Waals surface area (Å²) in [5.74, 6) is 0. The predicted molar refractivity (Wildman–Crippen MR) is 250 cm³/mol. The lowest BCUT2D eigenvalue weighted by Gasteiger charge is -2.26. The van der Waals surface area contributed by atoms with Gasteiger partial charge in [0.2, 0.25) is 0 Å². The van der Waals surface area contributed by atoms with Crippen molar-refractivity contribution >= 4 is 82.2 Å². The van der Waals surface area contributed by atoms with Crippen molar-refractivity contribution in [3.8, 4) is 22.5 Å². The molecule has 12 aromatic rings. The average molecular weight is 752 g/mol. The second kappa shape index (κ2) is 13.4. The summed E-state index contributed by atoms with van der Waals surface area (Å²) in [5, 5.41) is 9.93. The first-order chi connectivity index (χ1) is 29.2. The molecule has 0 bridgehead atoms. The van der Waals surface area contributed by atoms with Gasteiger partial charge in [-0.25, -0.2) is 0 Å². The molecule has 0 unspecified atom stereocenters. The molecule has 0 atom stereocenters. The second-order valence-electron chi connectivity index (χ2n) is 15.4. The van der Waals surface area contributed by atoms with Gasteiger partial charge in [-0.15, -0.1) is 0 Å². The molecule has 0 aliphatic heterocycles. The summed E-state index contributed by atoms with van der Waals surface area (Å²) in [6, 6.07) is 81.7. The Hall–Kier alpha value is -7.88. The number of fused-ring (bicyclic) bond motifs is 8. The lowest BCUT2D eigenvalue weighted by molar-refractivity contribution is 1.17. The number of hydrogen-bond acceptors (Lipinski definition) is 1. The van der Waals surface area contributed by atoms with E-state index in [1.54, 1.807) is 0 Å². The molecule has 0 saturated carbocycles. The summed E-state index contributed by atoms with van der Waals surface area (Å²) in [4.78, 5) is 2.35. The van der Waals surface area contributed by atoms with E-state index in [0.717, 1.165) is 28.4 Å². The molecule has 10 aromatic carbocycles. The maximum atomic E-state index is 2.43. The van der Waals surface area contributed by atoms with Gasteiger partial charge < -0.3 is 14.0 Å². The topological polar surface area (TPSA) is 13.1 Å². The van der Waals surface area contributed by atoms with Crippen molar-refractivity contribution in [2.45, 2.75) is 0 Å². The van der Waals surface area contributed by atoms with Gasteiger partial charge in [0.15, 0.2) is 0 Å². The minimum Gasteiger partial charge on any atom is -0.310 e. The zero-order valence-electron chi connectivity index (χ0n) is 32.2. The van der Waals surface area contributed by atoms with Gasteiger partial charge in [0.05, 0.1) is 22.1 Å². The smallest absolute Gasteiger partial charge is 0.0548 e. The van der Waals surface area contributed by atoms with Crippen LogP contribution in [0.5, 0.6) is 0 Å². The largest absolute Gasteiger partial charge is 0.310 e. The Morgan fingerprint density at radius 2 is 0.729 bits per heavy atom. The number of nitrogens with zero attached hydrogens (tertiary/aromatic N) is 3. The number of para-hydroxylation sites is 4. The van der Waals surface area contributed by atoms with E-state index >= 15 is 0 Å². The standard InChI is InChI=1S/C56H37N3/c1-4-16-44(17-5-1)57(48-30-26-41-32-39-14-10-11-15-40(39)33-43(41)34-48)47-28-24-38(25-29-47)42-27-31-54-50(35-42)52-37-55-51(36-56(52)59(54)46-20-8-3-9-21-46)49-22-12-13-23-53(49)58(55)45-18-6-2-7-19-45/h1-37H. The normalized spacial score (nSPS) is 11.7. The van der Waals surface area contributed by atoms with Crippen molar-refractivity contribution in [2.24, 2.45) is 0 Å². The fraction of sp³-hybridized carbons (Fsp3) is 0. The summed E-state index contributed by atoms with van der Waals surface area (Å²) in [5.41, 5.74) is 12.8. The van der Waals surface area contributed by atoms with Crippen LogP contribution in [0.25, 0.3) is 87.7 Å². The van der Waals surface area contributed by atoms with E-state index in [4.69, 9.17) is 0 Å². The quantitative estimate of drug-likeness (QED) is 0.154. The Balaban J connectivity index is 1.02. The molecular weight excluding hydrogens is 715 g/mol. The highest BCUT2D eigenvalue weighted by molar-refractivity contribution is 6.19. The molecule has 59 heavy (non-hydrogen) atoms. The summed E-state index contributed by atoms with van der Waals surface area (Å²) in [7, 11) is 0. The fourth-order valence-electron chi connectivity index (χ4n) is 9.26. The lowest BCUT2D eigenvalue weighted by Crippen LogP contribution is -2.09. The first-order valence-corrected chi connectivity index (χ1v) is 20.3. The molecule has 2 heterocycles. The molecule has 2 aromatic heterocycles. The van der Waals surface area contributed by atoms with Gasteiger partial charge in [0.25, 0.3) is 0 Å². The van der Waals surface area contributed by atoms with Crippen molar-refractivity contribution in [3.05, 3.63) is 224 Å². The van der Waals surface area contributed by atoms with Gasteiger partial charge in [-0.1, -0.05) is 121 Å². The van der Waals surface area contributed by atoms with Gasteiger partial charge in [-0.2, -0.15) is 0 Å². The highest BCUT2D eigenvalue weighted by Crippen LogP contribution is 2.42. The van der Waals surface area contributed by atoms with Crippen LogP contribution in [0.1, 0.15) is 0 Å². The van der Waals surface area contributed by atoms with Crippen molar-refractivity contribution < 1.29 is 0 Å². The molecule has 3 nitrogen and oxygen atoms in total. The van der Waals surface area contributed by atoms with Crippen LogP contribution in [0.15, 0.2) is 224 Å². The molecule has 0 fully saturated rings. The van der Waals surface area contributed by atoms with Crippen LogP contribution < -0.4 is 4.90 Å². The zero-order chi connectivity index (χ0) is 38.9. The second-order valence-corrected chi connectivity index (χ2v) is 15.4. The van der Waals surface area contributed by atoms with Crippen molar-refractivity contribution in [2.75, 3.05) is 4.90 Å². The van der Waals surface area contributed by atoms with Crippen LogP contribution in [0, 0.1) is 0 Å². The molecular formula is C56H37N3. The lowest BCUT2D eigenvalue weighted by atomic mass is 10.0. The van der Waals surface area contributed by atoms with Crippen molar-refractivity contribution in [1.29, 1.82) is 0 Å². The summed E-state index contributed by atoms with van der Waals surface area (Å²) in [6.45, 7) is 0. The van der Waals surface area contributed by atoms with E-state index in [1.807, 2.05) is 0 Å². The third kappa shape index (κ3) is 5.44. The molecule has 0 N–H and O–H groups in total. The van der Waals surface area contributed by atoms with Gasteiger partial charge >= 0.3 is 0 Å². The monoisotopic (exact) mass is 751 g/mol. The van der Waals surface area contributed by atoms with E-state index in [2.05, 4.69) is 238 Å². The van der Waals surface area contributed by atoms with Gasteiger partial charge in [-0.3, -0.25) is 0 Å². The van der Waals surface area contributed by atoms with Crippen LogP contribution in [-0.4, -0.2) is 9.13 Å². The third-order valence-electron chi connectivity index (χ3n) is 12.0. The van der Waals surface area contributed by atoms with Crippen molar-refractivity contribution in [1.82, 2.24) is 9.13 Å². The fourth-order valence-corrected chi connectivity index (χ4v) is 9.26. The Morgan fingerprint density at radius 1 is 0.254 bits per heavy atom. The first kappa shape index (κ1) is 33.3. The third-order valence-corrected chi connectivity index (χ3v) is 12.0. The van der Waals surface area contributed by atoms with Crippen LogP contribution in [0.3, 0.4) is 0 Å². The van der Waals surface area contributed by atoms with Crippen LogP contribution in [0.4, 0.5) is 17.1 Å². The molecule has 0 aliphatic carbocycles. The average Bonchev–Trinajstić information content (AvgIpc) is 3.80.